The van der Waals surface area contributed by atoms with Crippen molar-refractivity contribution in [1.29, 1.82) is 0 Å². The number of methoxy groups -OCH3 is 1. The lowest BCUT2D eigenvalue weighted by Gasteiger charge is -2.20. The Morgan fingerprint density at radius 1 is 0.829 bits per heavy atom. The number of benzene rings is 3. The molecule has 0 spiro atoms. The molecule has 2 amide bonds. The molecule has 0 aromatic heterocycles. The summed E-state index contributed by atoms with van der Waals surface area (Å²) in [5.41, 5.74) is 0.483. The van der Waals surface area contributed by atoms with Gasteiger partial charge in [0, 0.05) is 16.9 Å². The second-order valence-electron chi connectivity index (χ2n) is 8.50. The molecule has 0 fully saturated rings. The van der Waals surface area contributed by atoms with Crippen LogP contribution in [0, 0.1) is 0 Å². The van der Waals surface area contributed by atoms with Crippen molar-refractivity contribution < 1.29 is 27.5 Å². The zero-order valence-corrected chi connectivity index (χ0v) is 20.6. The van der Waals surface area contributed by atoms with E-state index in [1.807, 2.05) is 0 Å². The van der Waals surface area contributed by atoms with E-state index >= 15 is 0 Å². The third kappa shape index (κ3) is 7.21. The van der Waals surface area contributed by atoms with Gasteiger partial charge in [0.25, 0.3) is 15.9 Å². The molecule has 3 aromatic carbocycles. The quantitative estimate of drug-likeness (QED) is 0.418. The fraction of sp³-hybridized carbons (Fsp3) is 0.200. The van der Waals surface area contributed by atoms with Crippen LogP contribution < -0.4 is 20.1 Å². The Labute approximate surface area is 204 Å². The molecule has 3 aromatic rings. The minimum atomic E-state index is -3.80. The summed E-state index contributed by atoms with van der Waals surface area (Å²) < 4.78 is 38.2. The van der Waals surface area contributed by atoms with Gasteiger partial charge in [0.1, 0.15) is 11.4 Å². The van der Waals surface area contributed by atoms with Gasteiger partial charge in [-0.1, -0.05) is 24.3 Å². The van der Waals surface area contributed by atoms with Crippen molar-refractivity contribution in [3.05, 3.63) is 78.4 Å². The summed E-state index contributed by atoms with van der Waals surface area (Å²) in [6.07, 6.45) is -0.669. The van der Waals surface area contributed by atoms with Crippen LogP contribution in [0.2, 0.25) is 0 Å². The molecule has 0 aliphatic heterocycles. The van der Waals surface area contributed by atoms with Gasteiger partial charge in [0.15, 0.2) is 0 Å². The van der Waals surface area contributed by atoms with Gasteiger partial charge in [-0.3, -0.25) is 14.8 Å². The second-order valence-corrected chi connectivity index (χ2v) is 10.2. The number of sulfonamides is 1. The Morgan fingerprint density at radius 3 is 2.20 bits per heavy atom. The molecule has 3 rings (SSSR count). The standard InChI is InChI=1S/C25H27N3O6S/c1-25(2,3)34-24(30)27-21-16-18(13-14-22(21)33-4)26-23(29)17-9-8-10-19(15-17)28-35(31,32)20-11-6-5-7-12-20/h5-16,28H,1-4H3,(H,26,29)(H,27,30). The summed E-state index contributed by atoms with van der Waals surface area (Å²) in [5.74, 6) is -0.0923. The van der Waals surface area contributed by atoms with Crippen LogP contribution in [0.15, 0.2) is 77.7 Å². The SMILES string of the molecule is COc1ccc(NC(=O)c2cccc(NS(=O)(=O)c3ccccc3)c2)cc1NC(=O)OC(C)(C)C. The monoisotopic (exact) mass is 497 g/mol. The maximum Gasteiger partial charge on any atom is 0.412 e. The first-order valence-electron chi connectivity index (χ1n) is 10.6. The van der Waals surface area contributed by atoms with Crippen LogP contribution in [0.1, 0.15) is 31.1 Å². The molecule has 3 N–H and O–H groups in total. The Hall–Kier alpha value is -4.05. The van der Waals surface area contributed by atoms with Gasteiger partial charge in [-0.05, 0) is 69.3 Å². The number of carbonyl (C=O) groups is 2. The van der Waals surface area contributed by atoms with E-state index in [9.17, 15) is 18.0 Å². The molecule has 0 saturated heterocycles. The highest BCUT2D eigenvalue weighted by atomic mass is 32.2. The normalized spacial score (nSPS) is 11.3. The van der Waals surface area contributed by atoms with Crippen LogP contribution in [0.5, 0.6) is 5.75 Å². The Balaban J connectivity index is 1.76. The van der Waals surface area contributed by atoms with Crippen molar-refractivity contribution in [2.45, 2.75) is 31.3 Å². The predicted octanol–water partition coefficient (Wildman–Crippen LogP) is 5.10. The summed E-state index contributed by atoms with van der Waals surface area (Å²) in [6, 6.07) is 18.8. The average Bonchev–Trinajstić information content (AvgIpc) is 2.78. The molecule has 0 unspecified atom stereocenters. The van der Waals surface area contributed by atoms with Crippen molar-refractivity contribution in [3.63, 3.8) is 0 Å². The molecule has 9 nitrogen and oxygen atoms in total. The van der Waals surface area contributed by atoms with Gasteiger partial charge in [-0.2, -0.15) is 0 Å². The first-order chi connectivity index (χ1) is 16.5. The van der Waals surface area contributed by atoms with Crippen molar-refractivity contribution >= 4 is 39.1 Å². The first-order valence-corrected chi connectivity index (χ1v) is 12.1. The predicted molar refractivity (Wildman–Crippen MR) is 134 cm³/mol. The van der Waals surface area contributed by atoms with E-state index in [-0.39, 0.29) is 16.1 Å². The highest BCUT2D eigenvalue weighted by molar-refractivity contribution is 7.92. The van der Waals surface area contributed by atoms with Crippen molar-refractivity contribution in [3.8, 4) is 5.75 Å². The maximum atomic E-state index is 12.8. The van der Waals surface area contributed by atoms with Gasteiger partial charge in [0.05, 0.1) is 17.7 Å². The van der Waals surface area contributed by atoms with Crippen molar-refractivity contribution in [2.75, 3.05) is 22.5 Å². The van der Waals surface area contributed by atoms with E-state index in [1.54, 1.807) is 69.3 Å². The highest BCUT2D eigenvalue weighted by Gasteiger charge is 2.19. The van der Waals surface area contributed by atoms with Gasteiger partial charge < -0.3 is 14.8 Å². The van der Waals surface area contributed by atoms with Gasteiger partial charge in [-0.15, -0.1) is 0 Å². The number of ether oxygens (including phenoxy) is 2. The molecule has 0 saturated carbocycles. The number of amides is 2. The fourth-order valence-electron chi connectivity index (χ4n) is 3.04. The third-order valence-electron chi connectivity index (χ3n) is 4.52. The van der Waals surface area contributed by atoms with Crippen LogP contribution >= 0.6 is 0 Å². The van der Waals surface area contributed by atoms with Crippen LogP contribution in [-0.2, 0) is 14.8 Å². The largest absolute Gasteiger partial charge is 0.495 e. The third-order valence-corrected chi connectivity index (χ3v) is 5.92. The molecule has 35 heavy (non-hydrogen) atoms. The molecule has 0 heterocycles. The van der Waals surface area contributed by atoms with E-state index in [0.717, 1.165) is 0 Å². The Bertz CT molecular complexity index is 1320. The summed E-state index contributed by atoms with van der Waals surface area (Å²) in [5, 5.41) is 5.34. The molecule has 0 bridgehead atoms. The van der Waals surface area contributed by atoms with Crippen LogP contribution in [0.4, 0.5) is 21.9 Å². The lowest BCUT2D eigenvalue weighted by Crippen LogP contribution is -2.27. The average molecular weight is 498 g/mol. The fourth-order valence-corrected chi connectivity index (χ4v) is 4.11. The molecular formula is C25H27N3O6S. The molecule has 184 valence electrons. The highest BCUT2D eigenvalue weighted by Crippen LogP contribution is 2.29. The molecule has 0 atom stereocenters. The van der Waals surface area contributed by atoms with Gasteiger partial charge >= 0.3 is 6.09 Å². The summed E-state index contributed by atoms with van der Waals surface area (Å²) in [7, 11) is -2.35. The zero-order valence-electron chi connectivity index (χ0n) is 19.8. The number of rotatable bonds is 7. The molecule has 0 aliphatic rings. The van der Waals surface area contributed by atoms with E-state index in [4.69, 9.17) is 9.47 Å². The Morgan fingerprint density at radius 2 is 1.54 bits per heavy atom. The lowest BCUT2D eigenvalue weighted by molar-refractivity contribution is 0.0635. The van der Waals surface area contributed by atoms with Crippen LogP contribution in [0.3, 0.4) is 0 Å². The number of anilines is 3. The van der Waals surface area contributed by atoms with E-state index in [2.05, 4.69) is 15.4 Å². The van der Waals surface area contributed by atoms with Gasteiger partial charge in [0.2, 0.25) is 0 Å². The summed E-state index contributed by atoms with van der Waals surface area (Å²) >= 11 is 0. The topological polar surface area (TPSA) is 123 Å². The lowest BCUT2D eigenvalue weighted by atomic mass is 10.2. The smallest absolute Gasteiger partial charge is 0.412 e. The number of hydrogen-bond acceptors (Lipinski definition) is 6. The van der Waals surface area contributed by atoms with Crippen molar-refractivity contribution in [2.24, 2.45) is 0 Å². The first kappa shape index (κ1) is 25.6. The molecule has 10 heteroatoms. The van der Waals surface area contributed by atoms with E-state index < -0.39 is 27.6 Å². The second kappa shape index (κ2) is 10.5. The molecular weight excluding hydrogens is 470 g/mol. The zero-order chi connectivity index (χ0) is 25.6. The molecule has 0 radical (unpaired) electrons. The van der Waals surface area contributed by atoms with Crippen LogP contribution in [-0.4, -0.2) is 33.1 Å². The van der Waals surface area contributed by atoms with E-state index in [1.165, 1.54) is 31.4 Å². The molecule has 0 aliphatic carbocycles. The van der Waals surface area contributed by atoms with Crippen molar-refractivity contribution in [1.82, 2.24) is 0 Å². The van der Waals surface area contributed by atoms with E-state index in [0.29, 0.717) is 17.1 Å². The number of carbonyl (C=O) groups excluding carboxylic acids is 2. The van der Waals surface area contributed by atoms with Gasteiger partial charge in [-0.25, -0.2) is 13.2 Å². The summed E-state index contributed by atoms with van der Waals surface area (Å²) in [4.78, 5) is 25.1. The van der Waals surface area contributed by atoms with Crippen LogP contribution in [0.25, 0.3) is 0 Å². The minimum absolute atomic E-state index is 0.109. The Kier molecular flexibility index (Phi) is 7.65. The maximum absolute atomic E-state index is 12.8. The summed E-state index contributed by atoms with van der Waals surface area (Å²) in [6.45, 7) is 5.23. The number of nitrogens with one attached hydrogen (secondary N) is 3. The minimum Gasteiger partial charge on any atom is -0.495 e. The number of hydrogen-bond donors (Lipinski definition) is 3.